The maximum atomic E-state index is 11.0. The summed E-state index contributed by atoms with van der Waals surface area (Å²) in [5.41, 5.74) is 0.274. The number of carboxylic acids is 1. The third kappa shape index (κ3) is 2.26. The second-order valence-corrected chi connectivity index (χ2v) is 2.37. The molecule has 6 heteroatoms. The van der Waals surface area contributed by atoms with Crippen LogP contribution in [0.4, 0.5) is 0 Å². The molecule has 0 amide bonds. The predicted molar refractivity (Wildman–Crippen MR) is 47.0 cm³/mol. The van der Waals surface area contributed by atoms with Crippen molar-refractivity contribution in [2.45, 2.75) is 0 Å². The number of carbonyl (C=O) groups excluding carboxylic acids is 1. The molecule has 0 atom stereocenters. The van der Waals surface area contributed by atoms with Crippen LogP contribution in [0.25, 0.3) is 0 Å². The fourth-order valence-electron chi connectivity index (χ4n) is 0.849. The first-order valence-corrected chi connectivity index (χ1v) is 3.60. The van der Waals surface area contributed by atoms with E-state index in [0.29, 0.717) is 0 Å². The first-order chi connectivity index (χ1) is 6.65. The van der Waals surface area contributed by atoms with E-state index in [4.69, 9.17) is 5.11 Å². The van der Waals surface area contributed by atoms with Gasteiger partial charge in [-0.3, -0.25) is 0 Å². The molecule has 0 heterocycles. The van der Waals surface area contributed by atoms with E-state index in [1.807, 2.05) is 0 Å². The molecule has 1 rings (SSSR count). The van der Waals surface area contributed by atoms with E-state index in [-0.39, 0.29) is 11.1 Å². The molecule has 0 fully saturated rings. The summed E-state index contributed by atoms with van der Waals surface area (Å²) >= 11 is 0. The van der Waals surface area contributed by atoms with Gasteiger partial charge in [0.2, 0.25) is 0 Å². The molecule has 0 aliphatic heterocycles. The zero-order chi connectivity index (χ0) is 10.6. The van der Waals surface area contributed by atoms with Crippen molar-refractivity contribution in [3.63, 3.8) is 0 Å². The van der Waals surface area contributed by atoms with Crippen molar-refractivity contribution in [1.29, 1.82) is 0 Å². The summed E-state index contributed by atoms with van der Waals surface area (Å²) in [6.45, 7) is 0. The number of carbonyl (C=O) groups is 2. The monoisotopic (exact) mass is 190 g/mol. The molecule has 0 aliphatic carbocycles. The zero-order valence-electron chi connectivity index (χ0n) is 7.01. The van der Waals surface area contributed by atoms with Crippen LogP contribution in [0, 0.1) is 0 Å². The van der Waals surface area contributed by atoms with Crippen LogP contribution >= 0.6 is 0 Å². The fraction of sp³-hybridized carbons (Fsp3) is 0. The molecule has 0 spiro atoms. The van der Waals surface area contributed by atoms with Crippen LogP contribution in [0.15, 0.2) is 29.3 Å². The van der Waals surface area contributed by atoms with Gasteiger partial charge in [-0.1, -0.05) is 0 Å². The fourth-order valence-corrected chi connectivity index (χ4v) is 0.849. The Hall–Kier alpha value is -1.98. The van der Waals surface area contributed by atoms with Gasteiger partial charge in [0.1, 0.15) is 0 Å². The van der Waals surface area contributed by atoms with Gasteiger partial charge >= 0.3 is 79.6 Å². The Morgan fingerprint density at radius 3 is 2.14 bits per heavy atom. The standard InChI is InChI=1S/C8H5BNO4/c9-10-14-8(13)6-3-1-5(2-4-6)7(11)12/h1-4H,(H,11,12). The third-order valence-electron chi connectivity index (χ3n) is 1.50. The number of aromatic carboxylic acids is 1. The van der Waals surface area contributed by atoms with Crippen molar-refractivity contribution in [2.75, 3.05) is 0 Å². The van der Waals surface area contributed by atoms with E-state index < -0.39 is 11.9 Å². The molecular formula is C8H5BNO4. The molecule has 1 radical (unpaired) electrons. The molecule has 69 valence electrons. The van der Waals surface area contributed by atoms with Crippen LogP contribution in [-0.4, -0.2) is 24.7 Å². The number of nitrogens with zero attached hydrogens (tertiary/aromatic N) is 1. The summed E-state index contributed by atoms with van der Waals surface area (Å²) in [7, 11) is 4.63. The van der Waals surface area contributed by atoms with E-state index in [9.17, 15) is 9.59 Å². The van der Waals surface area contributed by atoms with Crippen LogP contribution in [0.5, 0.6) is 0 Å². The van der Waals surface area contributed by atoms with Crippen LogP contribution in [0.3, 0.4) is 0 Å². The normalized spacial score (nSPS) is 9.07. The maximum absolute atomic E-state index is 11.0. The molecule has 1 N–H and O–H groups in total. The van der Waals surface area contributed by atoms with E-state index in [0.717, 1.165) is 0 Å². The minimum absolute atomic E-state index is 0.0891. The van der Waals surface area contributed by atoms with Crippen molar-refractivity contribution in [2.24, 2.45) is 5.06 Å². The summed E-state index contributed by atoms with van der Waals surface area (Å²) in [4.78, 5) is 25.6. The molecule has 0 aromatic heterocycles. The Labute approximate surface area is 80.4 Å². The SMILES string of the molecule is [B]=NOC(=O)c1ccc(C(=O)O)cc1. The number of rotatable bonds is 3. The van der Waals surface area contributed by atoms with Crippen LogP contribution in [-0.2, 0) is 4.84 Å². The Kier molecular flexibility index (Phi) is 3.12. The molecule has 0 saturated carbocycles. The van der Waals surface area contributed by atoms with Crippen LogP contribution in [0.1, 0.15) is 20.7 Å². The average molecular weight is 190 g/mol. The number of hydrogen-bond donors (Lipinski definition) is 1. The Morgan fingerprint density at radius 2 is 1.71 bits per heavy atom. The van der Waals surface area contributed by atoms with Crippen molar-refractivity contribution in [1.82, 2.24) is 0 Å². The topological polar surface area (TPSA) is 76.0 Å². The number of carboxylic acid groups (broad SMARTS) is 1. The summed E-state index contributed by atoms with van der Waals surface area (Å²) in [6.07, 6.45) is 0. The summed E-state index contributed by atoms with van der Waals surface area (Å²) < 4.78 is 0. The Morgan fingerprint density at radius 1 is 1.21 bits per heavy atom. The van der Waals surface area contributed by atoms with Crippen LogP contribution < -0.4 is 0 Å². The number of hydrogen-bond acceptors (Lipinski definition) is 4. The van der Waals surface area contributed by atoms with Crippen LogP contribution in [0.2, 0.25) is 0 Å². The van der Waals surface area contributed by atoms with Gasteiger partial charge in [-0.2, -0.15) is 0 Å². The van der Waals surface area contributed by atoms with Crippen molar-refractivity contribution in [3.8, 4) is 0 Å². The second kappa shape index (κ2) is 4.31. The second-order valence-electron chi connectivity index (χ2n) is 2.37. The van der Waals surface area contributed by atoms with Gasteiger partial charge in [0.05, 0.1) is 0 Å². The summed E-state index contributed by atoms with van der Waals surface area (Å²) in [6, 6.07) is 5.21. The predicted octanol–water partition coefficient (Wildman–Crippen LogP) is 0.809. The zero-order valence-corrected chi connectivity index (χ0v) is 7.01. The number of benzene rings is 1. The van der Waals surface area contributed by atoms with Gasteiger partial charge < -0.3 is 0 Å². The van der Waals surface area contributed by atoms with Crippen molar-refractivity contribution in [3.05, 3.63) is 35.4 Å². The minimum atomic E-state index is -1.06. The summed E-state index contributed by atoms with van der Waals surface area (Å²) in [5, 5.41) is 11.3. The third-order valence-corrected chi connectivity index (χ3v) is 1.50. The quantitative estimate of drug-likeness (QED) is 0.564. The first kappa shape index (κ1) is 10.1. The molecule has 0 aliphatic rings. The Balaban J connectivity index is 2.88. The summed E-state index contributed by atoms with van der Waals surface area (Å²) in [5.74, 6) is -1.79. The Bertz CT molecular complexity index is 373. The average Bonchev–Trinajstić information content (AvgIpc) is 2.18. The molecule has 1 aromatic rings. The first-order valence-electron chi connectivity index (χ1n) is 3.60. The molecule has 0 bridgehead atoms. The molecular weight excluding hydrogens is 185 g/mol. The van der Waals surface area contributed by atoms with Gasteiger partial charge in [-0.15, -0.1) is 0 Å². The van der Waals surface area contributed by atoms with E-state index >= 15 is 0 Å². The molecule has 0 saturated heterocycles. The van der Waals surface area contributed by atoms with Gasteiger partial charge in [-0.25, -0.2) is 0 Å². The molecule has 1 aromatic carbocycles. The van der Waals surface area contributed by atoms with E-state index in [1.165, 1.54) is 24.3 Å². The van der Waals surface area contributed by atoms with Gasteiger partial charge in [0.25, 0.3) is 0 Å². The van der Waals surface area contributed by atoms with Gasteiger partial charge in [-0.05, 0) is 0 Å². The van der Waals surface area contributed by atoms with Gasteiger partial charge in [0.15, 0.2) is 0 Å². The van der Waals surface area contributed by atoms with E-state index in [1.54, 1.807) is 0 Å². The van der Waals surface area contributed by atoms with Crippen molar-refractivity contribution >= 4 is 19.6 Å². The molecule has 5 nitrogen and oxygen atoms in total. The molecule has 0 unspecified atom stereocenters. The van der Waals surface area contributed by atoms with E-state index in [2.05, 4.69) is 17.5 Å². The van der Waals surface area contributed by atoms with Gasteiger partial charge in [0, 0.05) is 0 Å². The van der Waals surface area contributed by atoms with Crippen molar-refractivity contribution < 1.29 is 19.5 Å². The molecule has 14 heavy (non-hydrogen) atoms.